The van der Waals surface area contributed by atoms with Gasteiger partial charge in [0.25, 0.3) is 5.91 Å². The fraction of sp³-hybridized carbons (Fsp3) is 0.368. The number of halogens is 2. The smallest absolute Gasteiger partial charge is 0.270 e. The van der Waals surface area contributed by atoms with Crippen molar-refractivity contribution in [1.82, 2.24) is 9.88 Å². The van der Waals surface area contributed by atoms with Gasteiger partial charge in [0.05, 0.1) is 32.6 Å². The number of thiophene rings is 1. The Hall–Kier alpha value is -1.58. The first-order valence-electron chi connectivity index (χ1n) is 9.03. The standard InChI is InChI=1S/C19H19ClFN3O2S2/c20-17-5-4-15(27-17)18(25)24(7-1-6-23-8-10-26-11-9-23)19-22-14-3-2-13(21)12-16(14)28-19/h2-5,12H,1,6-11H2. The van der Waals surface area contributed by atoms with Gasteiger partial charge in [-0.25, -0.2) is 9.37 Å². The summed E-state index contributed by atoms with van der Waals surface area (Å²) in [4.78, 5) is 22.3. The number of amides is 1. The highest BCUT2D eigenvalue weighted by atomic mass is 35.5. The Kier molecular flexibility index (Phi) is 6.22. The van der Waals surface area contributed by atoms with E-state index in [1.54, 1.807) is 23.1 Å². The van der Waals surface area contributed by atoms with Crippen LogP contribution in [-0.4, -0.2) is 55.2 Å². The topological polar surface area (TPSA) is 45.7 Å². The van der Waals surface area contributed by atoms with Gasteiger partial charge in [-0.2, -0.15) is 0 Å². The molecule has 1 fully saturated rings. The van der Waals surface area contributed by atoms with Gasteiger partial charge in [0.15, 0.2) is 5.13 Å². The number of ether oxygens (including phenoxy) is 1. The number of carbonyl (C=O) groups is 1. The molecule has 0 N–H and O–H groups in total. The van der Waals surface area contributed by atoms with Crippen molar-refractivity contribution < 1.29 is 13.9 Å². The van der Waals surface area contributed by atoms with Gasteiger partial charge in [-0.3, -0.25) is 14.6 Å². The maximum absolute atomic E-state index is 13.6. The number of thiazole rings is 1. The molecule has 0 saturated carbocycles. The van der Waals surface area contributed by atoms with E-state index < -0.39 is 0 Å². The number of anilines is 1. The number of hydrogen-bond acceptors (Lipinski definition) is 6. The van der Waals surface area contributed by atoms with E-state index in [-0.39, 0.29) is 11.7 Å². The van der Waals surface area contributed by atoms with Crippen molar-refractivity contribution in [3.8, 4) is 0 Å². The summed E-state index contributed by atoms with van der Waals surface area (Å²) < 4.78 is 20.2. The summed E-state index contributed by atoms with van der Waals surface area (Å²) in [5.74, 6) is -0.434. The predicted octanol–water partition coefficient (Wildman–Crippen LogP) is 4.52. The largest absolute Gasteiger partial charge is 0.379 e. The molecule has 0 bridgehead atoms. The molecule has 148 valence electrons. The van der Waals surface area contributed by atoms with Crippen molar-refractivity contribution in [2.75, 3.05) is 44.3 Å². The lowest BCUT2D eigenvalue weighted by Gasteiger charge is -2.27. The minimum absolute atomic E-state index is 0.126. The molecule has 1 saturated heterocycles. The fourth-order valence-electron chi connectivity index (χ4n) is 3.13. The van der Waals surface area contributed by atoms with Crippen LogP contribution in [0.5, 0.6) is 0 Å². The van der Waals surface area contributed by atoms with Crippen LogP contribution < -0.4 is 4.90 Å². The number of carbonyl (C=O) groups excluding carboxylic acids is 1. The van der Waals surface area contributed by atoms with E-state index in [1.807, 2.05) is 0 Å². The molecule has 9 heteroatoms. The second kappa shape index (κ2) is 8.84. The van der Waals surface area contributed by atoms with E-state index in [0.717, 1.165) is 44.0 Å². The van der Waals surface area contributed by atoms with Crippen LogP contribution >= 0.6 is 34.3 Å². The van der Waals surface area contributed by atoms with Crippen LogP contribution in [-0.2, 0) is 4.74 Å². The summed E-state index contributed by atoms with van der Waals surface area (Å²) in [5.41, 5.74) is 0.691. The molecule has 1 aromatic carbocycles. The third kappa shape index (κ3) is 4.52. The van der Waals surface area contributed by atoms with E-state index in [2.05, 4.69) is 9.88 Å². The summed E-state index contributed by atoms with van der Waals surface area (Å²) in [6.07, 6.45) is 0.815. The third-order valence-corrected chi connectivity index (χ3v) is 6.82. The van der Waals surface area contributed by atoms with Gasteiger partial charge in [-0.1, -0.05) is 22.9 Å². The minimum atomic E-state index is -0.307. The Labute approximate surface area is 175 Å². The van der Waals surface area contributed by atoms with Gasteiger partial charge in [0.2, 0.25) is 0 Å². The zero-order chi connectivity index (χ0) is 19.5. The van der Waals surface area contributed by atoms with Gasteiger partial charge >= 0.3 is 0 Å². The molecule has 4 rings (SSSR count). The first kappa shape index (κ1) is 19.7. The highest BCUT2D eigenvalue weighted by Gasteiger charge is 2.23. The molecule has 3 aromatic rings. The number of fused-ring (bicyclic) bond motifs is 1. The van der Waals surface area contributed by atoms with Gasteiger partial charge in [-0.15, -0.1) is 11.3 Å². The molecule has 0 aliphatic carbocycles. The molecule has 1 aliphatic rings. The van der Waals surface area contributed by atoms with Crippen LogP contribution in [0, 0.1) is 5.82 Å². The van der Waals surface area contributed by atoms with Crippen molar-refractivity contribution in [3.63, 3.8) is 0 Å². The van der Waals surface area contributed by atoms with Gasteiger partial charge in [0.1, 0.15) is 5.82 Å². The first-order valence-corrected chi connectivity index (χ1v) is 11.0. The maximum Gasteiger partial charge on any atom is 0.270 e. The molecular formula is C19H19ClFN3O2S2. The Morgan fingerprint density at radius 1 is 1.25 bits per heavy atom. The first-order chi connectivity index (χ1) is 13.6. The number of rotatable bonds is 6. The van der Waals surface area contributed by atoms with Crippen LogP contribution in [0.25, 0.3) is 10.2 Å². The third-order valence-electron chi connectivity index (χ3n) is 4.56. The Morgan fingerprint density at radius 2 is 2.07 bits per heavy atom. The van der Waals surface area contributed by atoms with Crippen molar-refractivity contribution in [2.45, 2.75) is 6.42 Å². The van der Waals surface area contributed by atoms with Crippen molar-refractivity contribution in [3.05, 3.63) is 45.4 Å². The quantitative estimate of drug-likeness (QED) is 0.566. The van der Waals surface area contributed by atoms with E-state index in [1.165, 1.54) is 34.8 Å². The molecule has 1 aliphatic heterocycles. The monoisotopic (exact) mass is 439 g/mol. The van der Waals surface area contributed by atoms with Crippen LogP contribution in [0.2, 0.25) is 4.34 Å². The van der Waals surface area contributed by atoms with E-state index in [0.29, 0.717) is 26.4 Å². The van der Waals surface area contributed by atoms with Crippen molar-refractivity contribution in [1.29, 1.82) is 0 Å². The normalized spacial score (nSPS) is 15.2. The second-order valence-corrected chi connectivity index (χ2v) is 9.20. The average Bonchev–Trinajstić information content (AvgIpc) is 3.31. The number of benzene rings is 1. The van der Waals surface area contributed by atoms with E-state index in [9.17, 15) is 9.18 Å². The lowest BCUT2D eigenvalue weighted by atomic mass is 10.3. The summed E-state index contributed by atoms with van der Waals surface area (Å²) in [5, 5.41) is 0.581. The zero-order valence-corrected chi connectivity index (χ0v) is 17.5. The molecule has 0 radical (unpaired) electrons. The lowest BCUT2D eigenvalue weighted by molar-refractivity contribution is 0.0376. The Morgan fingerprint density at radius 3 is 2.82 bits per heavy atom. The lowest BCUT2D eigenvalue weighted by Crippen LogP contribution is -2.39. The van der Waals surface area contributed by atoms with Gasteiger partial charge in [0, 0.05) is 26.2 Å². The van der Waals surface area contributed by atoms with Crippen molar-refractivity contribution >= 4 is 55.5 Å². The maximum atomic E-state index is 13.6. The van der Waals surface area contributed by atoms with Crippen molar-refractivity contribution in [2.24, 2.45) is 0 Å². The molecule has 0 spiro atoms. The molecule has 2 aromatic heterocycles. The summed E-state index contributed by atoms with van der Waals surface area (Å²) in [6, 6.07) is 7.93. The molecule has 5 nitrogen and oxygen atoms in total. The number of aromatic nitrogens is 1. The average molecular weight is 440 g/mol. The Balaban J connectivity index is 1.55. The number of hydrogen-bond donors (Lipinski definition) is 0. The van der Waals surface area contributed by atoms with Crippen LogP contribution in [0.1, 0.15) is 16.1 Å². The van der Waals surface area contributed by atoms with E-state index >= 15 is 0 Å². The summed E-state index contributed by atoms with van der Waals surface area (Å²) in [6.45, 7) is 4.75. The summed E-state index contributed by atoms with van der Waals surface area (Å²) >= 11 is 8.60. The zero-order valence-electron chi connectivity index (χ0n) is 15.1. The molecule has 0 atom stereocenters. The van der Waals surface area contributed by atoms with Crippen LogP contribution in [0.4, 0.5) is 9.52 Å². The van der Waals surface area contributed by atoms with Gasteiger partial charge < -0.3 is 4.74 Å². The molecule has 0 unspecified atom stereocenters. The Bertz CT molecular complexity index is 971. The summed E-state index contributed by atoms with van der Waals surface area (Å²) in [7, 11) is 0. The highest BCUT2D eigenvalue weighted by Crippen LogP contribution is 2.32. The van der Waals surface area contributed by atoms with Crippen LogP contribution in [0.3, 0.4) is 0 Å². The minimum Gasteiger partial charge on any atom is -0.379 e. The number of morpholine rings is 1. The molecule has 3 heterocycles. The highest BCUT2D eigenvalue weighted by molar-refractivity contribution is 7.22. The van der Waals surface area contributed by atoms with E-state index in [4.69, 9.17) is 16.3 Å². The molecule has 1 amide bonds. The second-order valence-electron chi connectivity index (χ2n) is 6.48. The molecular weight excluding hydrogens is 421 g/mol. The fourth-order valence-corrected chi connectivity index (χ4v) is 5.13. The predicted molar refractivity (Wildman–Crippen MR) is 112 cm³/mol. The SMILES string of the molecule is O=C(c1ccc(Cl)s1)N(CCCN1CCOCC1)c1nc2ccc(F)cc2s1. The molecule has 28 heavy (non-hydrogen) atoms. The van der Waals surface area contributed by atoms with Crippen LogP contribution in [0.15, 0.2) is 30.3 Å². The number of nitrogens with zero attached hydrogens (tertiary/aromatic N) is 3. The van der Waals surface area contributed by atoms with Gasteiger partial charge in [-0.05, 0) is 36.8 Å².